The van der Waals surface area contributed by atoms with E-state index in [1.54, 1.807) is 13.8 Å². The van der Waals surface area contributed by atoms with Crippen molar-refractivity contribution in [2.75, 3.05) is 0 Å². The second-order valence-electron chi connectivity index (χ2n) is 5.43. The van der Waals surface area contributed by atoms with Crippen molar-refractivity contribution in [2.45, 2.75) is 34.1 Å². The summed E-state index contributed by atoms with van der Waals surface area (Å²) in [6.45, 7) is 6.59. The second-order valence-corrected chi connectivity index (χ2v) is 5.43. The number of hydrogen-bond acceptors (Lipinski definition) is 1. The van der Waals surface area contributed by atoms with Gasteiger partial charge < -0.3 is 4.74 Å². The summed E-state index contributed by atoms with van der Waals surface area (Å²) in [6, 6.07) is 6.26. The molecule has 2 rings (SSSR count). The van der Waals surface area contributed by atoms with Crippen molar-refractivity contribution in [1.82, 2.24) is 0 Å². The van der Waals surface area contributed by atoms with Crippen molar-refractivity contribution in [2.24, 2.45) is 0 Å². The van der Waals surface area contributed by atoms with Gasteiger partial charge in [0.1, 0.15) is 11.6 Å². The topological polar surface area (TPSA) is 9.23 Å². The van der Waals surface area contributed by atoms with Gasteiger partial charge in [0.05, 0.1) is 0 Å². The molecule has 2 aromatic rings. The number of halogens is 4. The van der Waals surface area contributed by atoms with Crippen molar-refractivity contribution in [1.29, 1.82) is 0 Å². The smallest absolute Gasteiger partial charge is 0.405 e. The summed E-state index contributed by atoms with van der Waals surface area (Å²) in [7, 11) is 0. The first-order valence-corrected chi connectivity index (χ1v) is 6.72. The Balaban J connectivity index is 2.56. The molecule has 1 nitrogen and oxygen atoms in total. The first kappa shape index (κ1) is 16.3. The third-order valence-corrected chi connectivity index (χ3v) is 3.40. The molecular weight excluding hydrogens is 296 g/mol. The highest BCUT2D eigenvalue weighted by molar-refractivity contribution is 5.71. The largest absolute Gasteiger partial charge is 0.573 e. The van der Waals surface area contributed by atoms with Crippen molar-refractivity contribution in [3.63, 3.8) is 0 Å². The third-order valence-electron chi connectivity index (χ3n) is 3.40. The minimum atomic E-state index is -4.75. The fraction of sp³-hybridized carbons (Fsp3) is 0.294. The van der Waals surface area contributed by atoms with E-state index in [2.05, 4.69) is 4.74 Å². The summed E-state index contributed by atoms with van der Waals surface area (Å²) >= 11 is 0. The lowest BCUT2D eigenvalue weighted by molar-refractivity contribution is -0.275. The Hall–Kier alpha value is -2.04. The molecule has 0 N–H and O–H groups in total. The van der Waals surface area contributed by atoms with Crippen LogP contribution < -0.4 is 4.74 Å². The molecule has 0 aliphatic heterocycles. The van der Waals surface area contributed by atoms with E-state index in [-0.39, 0.29) is 11.6 Å². The van der Waals surface area contributed by atoms with E-state index in [0.717, 1.165) is 11.1 Å². The van der Waals surface area contributed by atoms with Crippen LogP contribution in [0.1, 0.15) is 22.3 Å². The first-order valence-electron chi connectivity index (χ1n) is 6.72. The van der Waals surface area contributed by atoms with Crippen LogP contribution in [0.25, 0.3) is 11.1 Å². The summed E-state index contributed by atoms with van der Waals surface area (Å²) in [4.78, 5) is 0. The van der Waals surface area contributed by atoms with Crippen LogP contribution in [0, 0.1) is 33.5 Å². The highest BCUT2D eigenvalue weighted by Crippen LogP contribution is 2.35. The van der Waals surface area contributed by atoms with Gasteiger partial charge in [0.2, 0.25) is 0 Å². The lowest BCUT2D eigenvalue weighted by atomic mass is 9.95. The molecule has 5 heteroatoms. The Morgan fingerprint density at radius 3 is 1.82 bits per heavy atom. The van der Waals surface area contributed by atoms with Gasteiger partial charge in [0, 0.05) is 5.56 Å². The molecule has 2 aromatic carbocycles. The van der Waals surface area contributed by atoms with E-state index >= 15 is 0 Å². The van der Waals surface area contributed by atoms with Crippen LogP contribution >= 0.6 is 0 Å². The van der Waals surface area contributed by atoms with Crippen LogP contribution in [0.3, 0.4) is 0 Å². The molecular formula is C17H16F4O. The van der Waals surface area contributed by atoms with Crippen LogP contribution in [0.2, 0.25) is 0 Å². The minimum Gasteiger partial charge on any atom is -0.405 e. The van der Waals surface area contributed by atoms with Crippen molar-refractivity contribution in [3.8, 4) is 16.9 Å². The quantitative estimate of drug-likeness (QED) is 0.653. The van der Waals surface area contributed by atoms with Gasteiger partial charge in [-0.2, -0.15) is 0 Å². The van der Waals surface area contributed by atoms with Crippen LogP contribution in [-0.2, 0) is 0 Å². The van der Waals surface area contributed by atoms with Crippen LogP contribution in [0.4, 0.5) is 17.6 Å². The number of ether oxygens (including phenoxy) is 1. The second kappa shape index (κ2) is 5.63. The summed E-state index contributed by atoms with van der Waals surface area (Å²) in [5, 5.41) is 0. The van der Waals surface area contributed by atoms with Crippen molar-refractivity contribution < 1.29 is 22.3 Å². The van der Waals surface area contributed by atoms with Crippen LogP contribution in [-0.4, -0.2) is 6.36 Å². The van der Waals surface area contributed by atoms with E-state index < -0.39 is 6.36 Å². The van der Waals surface area contributed by atoms with Crippen molar-refractivity contribution in [3.05, 3.63) is 52.3 Å². The molecule has 0 saturated carbocycles. The maximum atomic E-state index is 14.2. The summed E-state index contributed by atoms with van der Waals surface area (Å²) < 4.78 is 55.5. The Bertz CT molecular complexity index is 671. The standard InChI is InChI=1S/C17H16F4O/c1-9-5-10(2)15(14(18)6-9)13-7-11(3)16(12(4)8-13)22-17(19,20)21/h5-8H,1-4H3. The van der Waals surface area contributed by atoms with Gasteiger partial charge in [-0.15, -0.1) is 13.2 Å². The lowest BCUT2D eigenvalue weighted by Crippen LogP contribution is -2.18. The fourth-order valence-electron chi connectivity index (χ4n) is 2.65. The highest BCUT2D eigenvalue weighted by atomic mass is 19.4. The Morgan fingerprint density at radius 2 is 1.36 bits per heavy atom. The van der Waals surface area contributed by atoms with E-state index in [0.29, 0.717) is 22.3 Å². The van der Waals surface area contributed by atoms with E-state index in [4.69, 9.17) is 0 Å². The van der Waals surface area contributed by atoms with Gasteiger partial charge in [0.15, 0.2) is 0 Å². The molecule has 22 heavy (non-hydrogen) atoms. The monoisotopic (exact) mass is 312 g/mol. The number of alkyl halides is 3. The predicted octanol–water partition coefficient (Wildman–Crippen LogP) is 5.62. The van der Waals surface area contributed by atoms with Gasteiger partial charge >= 0.3 is 6.36 Å². The average molecular weight is 312 g/mol. The summed E-state index contributed by atoms with van der Waals surface area (Å²) in [6.07, 6.45) is -4.75. The maximum Gasteiger partial charge on any atom is 0.573 e. The lowest BCUT2D eigenvalue weighted by Gasteiger charge is -2.17. The van der Waals surface area contributed by atoms with Crippen LogP contribution in [0.5, 0.6) is 5.75 Å². The predicted molar refractivity (Wildman–Crippen MR) is 77.5 cm³/mol. The zero-order valence-electron chi connectivity index (χ0n) is 12.7. The minimum absolute atomic E-state index is 0.235. The number of benzene rings is 2. The van der Waals surface area contributed by atoms with E-state index in [1.807, 2.05) is 6.07 Å². The molecule has 0 aliphatic rings. The van der Waals surface area contributed by atoms with Crippen LogP contribution in [0.15, 0.2) is 24.3 Å². The maximum absolute atomic E-state index is 14.2. The highest BCUT2D eigenvalue weighted by Gasteiger charge is 2.32. The summed E-state index contributed by atoms with van der Waals surface area (Å²) in [5.74, 6) is -0.623. The molecule has 0 radical (unpaired) electrons. The molecule has 0 unspecified atom stereocenters. The van der Waals surface area contributed by atoms with Gasteiger partial charge in [0.25, 0.3) is 0 Å². The normalized spacial score (nSPS) is 11.6. The zero-order chi connectivity index (χ0) is 16.7. The van der Waals surface area contributed by atoms with Gasteiger partial charge in [-0.05, 0) is 73.7 Å². The Kier molecular flexibility index (Phi) is 4.18. The molecule has 0 fully saturated rings. The van der Waals surface area contributed by atoms with E-state index in [1.165, 1.54) is 32.0 Å². The molecule has 0 aromatic heterocycles. The average Bonchev–Trinajstić information content (AvgIpc) is 2.31. The molecule has 0 aliphatic carbocycles. The molecule has 0 atom stereocenters. The molecule has 0 amide bonds. The molecule has 0 saturated heterocycles. The van der Waals surface area contributed by atoms with Crippen molar-refractivity contribution >= 4 is 0 Å². The zero-order valence-corrected chi connectivity index (χ0v) is 12.7. The number of aryl methyl sites for hydroxylation is 4. The Morgan fingerprint density at radius 1 is 0.818 bits per heavy atom. The van der Waals surface area contributed by atoms with Gasteiger partial charge in [-0.25, -0.2) is 4.39 Å². The first-order chi connectivity index (χ1) is 10.1. The summed E-state index contributed by atoms with van der Waals surface area (Å²) in [5.41, 5.74) is 3.10. The molecule has 118 valence electrons. The Labute approximate surface area is 126 Å². The SMILES string of the molecule is Cc1cc(C)c(-c2cc(C)c(OC(F)(F)F)c(C)c2)c(F)c1. The van der Waals surface area contributed by atoms with Gasteiger partial charge in [-0.1, -0.05) is 6.07 Å². The molecule has 0 spiro atoms. The van der Waals surface area contributed by atoms with E-state index in [9.17, 15) is 17.6 Å². The number of rotatable bonds is 2. The number of hydrogen-bond donors (Lipinski definition) is 0. The fourth-order valence-corrected chi connectivity index (χ4v) is 2.65. The third kappa shape index (κ3) is 3.40. The molecule has 0 bridgehead atoms. The van der Waals surface area contributed by atoms with Gasteiger partial charge in [-0.3, -0.25) is 0 Å². The molecule has 0 heterocycles.